The summed E-state index contributed by atoms with van der Waals surface area (Å²) in [4.78, 5) is 4.22. The fourth-order valence-corrected chi connectivity index (χ4v) is 2.02. The Morgan fingerprint density at radius 3 is 2.63 bits per heavy atom. The molecule has 102 valence electrons. The van der Waals surface area contributed by atoms with Crippen LogP contribution in [0.4, 0.5) is 4.39 Å². The van der Waals surface area contributed by atoms with Crippen molar-refractivity contribution in [1.82, 2.24) is 4.98 Å². The average molecular weight is 301 g/mol. The summed E-state index contributed by atoms with van der Waals surface area (Å²) >= 11 is 1.58. The predicted octanol–water partition coefficient (Wildman–Crippen LogP) is 3.42. The molecule has 0 bridgehead atoms. The van der Waals surface area contributed by atoms with Crippen LogP contribution in [0.3, 0.4) is 0 Å². The summed E-state index contributed by atoms with van der Waals surface area (Å²) in [5, 5.41) is 2.90. The van der Waals surface area contributed by atoms with E-state index >= 15 is 0 Å². The molecule has 1 aromatic heterocycles. The standard InChI is InChI=1S/C13H13FN2OS.ClH/c14-7-10(8-15)9-17-12-3-1-11(2-4-12)13-16-5-6-18-13;/h1-7H,8-9,15H2;1H/b10-7+;. The molecule has 19 heavy (non-hydrogen) atoms. The number of benzene rings is 1. The Bertz CT molecular complexity index is 514. The van der Waals surface area contributed by atoms with Gasteiger partial charge in [-0.25, -0.2) is 9.37 Å². The lowest BCUT2D eigenvalue weighted by Crippen LogP contribution is -2.10. The minimum absolute atomic E-state index is 0. The maximum absolute atomic E-state index is 12.3. The van der Waals surface area contributed by atoms with Crippen LogP contribution >= 0.6 is 23.7 Å². The zero-order valence-corrected chi connectivity index (χ0v) is 11.7. The monoisotopic (exact) mass is 300 g/mol. The summed E-state index contributed by atoms with van der Waals surface area (Å²) in [6.07, 6.45) is 2.26. The molecule has 2 rings (SSSR count). The molecule has 1 aromatic carbocycles. The van der Waals surface area contributed by atoms with E-state index in [9.17, 15) is 4.39 Å². The Kier molecular flexibility index (Phi) is 6.49. The largest absolute Gasteiger partial charge is 0.489 e. The first-order chi connectivity index (χ1) is 8.83. The lowest BCUT2D eigenvalue weighted by atomic mass is 10.2. The third-order valence-corrected chi connectivity index (χ3v) is 3.20. The lowest BCUT2D eigenvalue weighted by molar-refractivity contribution is 0.347. The molecule has 0 saturated carbocycles. The molecule has 0 amide bonds. The summed E-state index contributed by atoms with van der Waals surface area (Å²) in [5.74, 6) is 0.683. The maximum Gasteiger partial charge on any atom is 0.123 e. The Balaban J connectivity index is 0.00000180. The van der Waals surface area contributed by atoms with Crippen molar-refractivity contribution in [3.8, 4) is 16.3 Å². The average Bonchev–Trinajstić information content (AvgIpc) is 2.94. The van der Waals surface area contributed by atoms with Gasteiger partial charge in [0.1, 0.15) is 17.4 Å². The van der Waals surface area contributed by atoms with Gasteiger partial charge in [-0.1, -0.05) is 0 Å². The molecule has 0 radical (unpaired) electrons. The van der Waals surface area contributed by atoms with Crippen molar-refractivity contribution in [2.75, 3.05) is 13.2 Å². The zero-order valence-electron chi connectivity index (χ0n) is 10.1. The van der Waals surface area contributed by atoms with Crippen molar-refractivity contribution in [1.29, 1.82) is 0 Å². The fourth-order valence-electron chi connectivity index (χ4n) is 1.37. The van der Waals surface area contributed by atoms with E-state index in [-0.39, 0.29) is 25.6 Å². The minimum Gasteiger partial charge on any atom is -0.489 e. The van der Waals surface area contributed by atoms with Crippen LogP contribution in [0.15, 0.2) is 47.7 Å². The van der Waals surface area contributed by atoms with Gasteiger partial charge in [-0.05, 0) is 24.3 Å². The number of aromatic nitrogens is 1. The molecular formula is C13H14ClFN2OS. The Morgan fingerprint density at radius 2 is 2.11 bits per heavy atom. The van der Waals surface area contributed by atoms with Gasteiger partial charge in [0.05, 0.1) is 6.33 Å². The van der Waals surface area contributed by atoms with E-state index in [4.69, 9.17) is 10.5 Å². The summed E-state index contributed by atoms with van der Waals surface area (Å²) in [7, 11) is 0. The molecule has 0 spiro atoms. The Morgan fingerprint density at radius 1 is 1.37 bits per heavy atom. The van der Waals surface area contributed by atoms with E-state index in [2.05, 4.69) is 4.98 Å². The van der Waals surface area contributed by atoms with E-state index in [1.807, 2.05) is 29.6 Å². The normalized spacial score (nSPS) is 10.9. The highest BCUT2D eigenvalue weighted by molar-refractivity contribution is 7.13. The predicted molar refractivity (Wildman–Crippen MR) is 78.5 cm³/mol. The van der Waals surface area contributed by atoms with Gasteiger partial charge in [-0.15, -0.1) is 23.7 Å². The van der Waals surface area contributed by atoms with Gasteiger partial charge < -0.3 is 10.5 Å². The summed E-state index contributed by atoms with van der Waals surface area (Å²) in [6.45, 7) is 0.331. The van der Waals surface area contributed by atoms with Gasteiger partial charge in [0.15, 0.2) is 0 Å². The first kappa shape index (κ1) is 15.6. The molecule has 1 heterocycles. The van der Waals surface area contributed by atoms with Gasteiger partial charge in [0, 0.05) is 29.3 Å². The van der Waals surface area contributed by atoms with Gasteiger partial charge in [0.2, 0.25) is 0 Å². The lowest BCUT2D eigenvalue weighted by Gasteiger charge is -2.07. The first-order valence-corrected chi connectivity index (χ1v) is 6.32. The highest BCUT2D eigenvalue weighted by Crippen LogP contribution is 2.24. The molecule has 0 aliphatic carbocycles. The van der Waals surface area contributed by atoms with Crippen LogP contribution in [-0.2, 0) is 0 Å². The van der Waals surface area contributed by atoms with Crippen molar-refractivity contribution in [3.05, 3.63) is 47.7 Å². The van der Waals surface area contributed by atoms with Crippen LogP contribution in [0.5, 0.6) is 5.75 Å². The third-order valence-electron chi connectivity index (χ3n) is 2.37. The van der Waals surface area contributed by atoms with E-state index < -0.39 is 0 Å². The van der Waals surface area contributed by atoms with Crippen LogP contribution in [0.1, 0.15) is 0 Å². The highest BCUT2D eigenvalue weighted by atomic mass is 35.5. The summed E-state index contributed by atoms with van der Waals surface area (Å²) in [6, 6.07) is 7.52. The topological polar surface area (TPSA) is 48.1 Å². The second-order valence-electron chi connectivity index (χ2n) is 3.62. The summed E-state index contributed by atoms with van der Waals surface area (Å²) in [5.41, 5.74) is 6.81. The van der Waals surface area contributed by atoms with Gasteiger partial charge >= 0.3 is 0 Å². The second kappa shape index (κ2) is 7.89. The molecule has 0 aliphatic heterocycles. The number of nitrogens with zero attached hydrogens (tertiary/aromatic N) is 1. The number of hydrogen-bond donors (Lipinski definition) is 1. The van der Waals surface area contributed by atoms with E-state index in [0.717, 1.165) is 10.6 Å². The smallest absolute Gasteiger partial charge is 0.123 e. The molecule has 3 nitrogen and oxygen atoms in total. The van der Waals surface area contributed by atoms with Crippen molar-refractivity contribution >= 4 is 23.7 Å². The quantitative estimate of drug-likeness (QED) is 0.920. The zero-order chi connectivity index (χ0) is 12.8. The number of nitrogens with two attached hydrogens (primary N) is 1. The molecule has 0 saturated heterocycles. The maximum atomic E-state index is 12.3. The second-order valence-corrected chi connectivity index (χ2v) is 4.52. The molecule has 6 heteroatoms. The molecule has 2 aromatic rings. The molecule has 0 atom stereocenters. The molecular weight excluding hydrogens is 287 g/mol. The van der Waals surface area contributed by atoms with Crippen LogP contribution in [0, 0.1) is 0 Å². The molecule has 2 N–H and O–H groups in total. The third kappa shape index (κ3) is 4.31. The van der Waals surface area contributed by atoms with Crippen LogP contribution in [0.2, 0.25) is 0 Å². The van der Waals surface area contributed by atoms with Gasteiger partial charge in [-0.2, -0.15) is 0 Å². The van der Waals surface area contributed by atoms with Crippen LogP contribution < -0.4 is 10.5 Å². The Hall–Kier alpha value is -1.43. The number of ether oxygens (including phenoxy) is 1. The highest BCUT2D eigenvalue weighted by Gasteiger charge is 2.01. The van der Waals surface area contributed by atoms with Crippen LogP contribution in [0.25, 0.3) is 10.6 Å². The van der Waals surface area contributed by atoms with Gasteiger partial charge in [0.25, 0.3) is 0 Å². The molecule has 0 aliphatic rings. The van der Waals surface area contributed by atoms with Crippen molar-refractivity contribution in [2.24, 2.45) is 5.73 Å². The molecule has 0 unspecified atom stereocenters. The number of rotatable bonds is 5. The van der Waals surface area contributed by atoms with Crippen molar-refractivity contribution in [3.63, 3.8) is 0 Å². The van der Waals surface area contributed by atoms with E-state index in [1.54, 1.807) is 17.5 Å². The summed E-state index contributed by atoms with van der Waals surface area (Å²) < 4.78 is 17.7. The fraction of sp³-hybridized carbons (Fsp3) is 0.154. The number of thiazole rings is 1. The number of halogens is 2. The van der Waals surface area contributed by atoms with Crippen molar-refractivity contribution in [2.45, 2.75) is 0 Å². The van der Waals surface area contributed by atoms with Gasteiger partial charge in [-0.3, -0.25) is 0 Å². The minimum atomic E-state index is 0. The SMILES string of the molecule is Cl.NC/C(=C\F)COc1ccc(-c2nccs2)cc1. The van der Waals surface area contributed by atoms with E-state index in [1.165, 1.54) is 0 Å². The van der Waals surface area contributed by atoms with E-state index in [0.29, 0.717) is 17.7 Å². The van der Waals surface area contributed by atoms with Crippen LogP contribution in [-0.4, -0.2) is 18.1 Å². The Labute approximate surface area is 121 Å². The first-order valence-electron chi connectivity index (χ1n) is 5.44. The van der Waals surface area contributed by atoms with Crippen molar-refractivity contribution < 1.29 is 9.13 Å². The number of hydrogen-bond acceptors (Lipinski definition) is 4. The molecule has 0 fully saturated rings.